The van der Waals surface area contributed by atoms with Gasteiger partial charge in [-0.05, 0) is 13.0 Å². The van der Waals surface area contributed by atoms with Crippen molar-refractivity contribution in [2.24, 2.45) is 0 Å². The zero-order valence-corrected chi connectivity index (χ0v) is 13.4. The predicted octanol–water partition coefficient (Wildman–Crippen LogP) is 2.19. The molecule has 1 aliphatic heterocycles. The fourth-order valence-electron chi connectivity index (χ4n) is 2.84. The summed E-state index contributed by atoms with van der Waals surface area (Å²) in [7, 11) is 0. The minimum absolute atomic E-state index is 0.0562. The molecule has 0 radical (unpaired) electrons. The number of amides is 1. The molecule has 1 aromatic carbocycles. The lowest BCUT2D eigenvalue weighted by Crippen LogP contribution is -2.41. The van der Waals surface area contributed by atoms with E-state index in [0.717, 1.165) is 49.4 Å². The van der Waals surface area contributed by atoms with Crippen molar-refractivity contribution in [2.75, 3.05) is 39.4 Å². The maximum Gasteiger partial charge on any atom is 0.253 e. The number of ether oxygens (including phenoxy) is 1. The van der Waals surface area contributed by atoms with Crippen LogP contribution >= 0.6 is 11.6 Å². The van der Waals surface area contributed by atoms with E-state index >= 15 is 0 Å². The second-order valence-electron chi connectivity index (χ2n) is 5.50. The highest BCUT2D eigenvalue weighted by atomic mass is 35.5. The Kier molecular flexibility index (Phi) is 4.66. The molecule has 0 bridgehead atoms. The molecule has 1 amide bonds. The molecule has 0 unspecified atom stereocenters. The molecule has 5 nitrogen and oxygen atoms in total. The Morgan fingerprint density at radius 1 is 1.41 bits per heavy atom. The van der Waals surface area contributed by atoms with E-state index < -0.39 is 0 Å². The summed E-state index contributed by atoms with van der Waals surface area (Å²) in [5.41, 5.74) is 2.34. The number of benzene rings is 1. The van der Waals surface area contributed by atoms with Gasteiger partial charge in [-0.3, -0.25) is 9.69 Å². The van der Waals surface area contributed by atoms with Gasteiger partial charge < -0.3 is 15.0 Å². The lowest BCUT2D eigenvalue weighted by molar-refractivity contribution is 0.0383. The molecule has 6 heteroatoms. The number of aromatic nitrogens is 1. The van der Waals surface area contributed by atoms with Gasteiger partial charge in [0.1, 0.15) is 0 Å². The van der Waals surface area contributed by atoms with Crippen LogP contribution in [0.3, 0.4) is 0 Å². The predicted molar refractivity (Wildman–Crippen MR) is 87.6 cm³/mol. The molecule has 2 aromatic rings. The van der Waals surface area contributed by atoms with Crippen LogP contribution < -0.4 is 5.32 Å². The van der Waals surface area contributed by atoms with E-state index in [9.17, 15) is 4.79 Å². The number of carbonyl (C=O) groups is 1. The van der Waals surface area contributed by atoms with Crippen LogP contribution in [0.1, 0.15) is 16.1 Å². The number of rotatable bonds is 4. The van der Waals surface area contributed by atoms with Crippen molar-refractivity contribution in [3.63, 3.8) is 0 Å². The first-order valence-electron chi connectivity index (χ1n) is 7.52. The number of fused-ring (bicyclic) bond motifs is 1. The van der Waals surface area contributed by atoms with Crippen LogP contribution in [0.25, 0.3) is 10.9 Å². The lowest BCUT2D eigenvalue weighted by Gasteiger charge is -2.26. The van der Waals surface area contributed by atoms with E-state index in [1.54, 1.807) is 0 Å². The number of nitrogens with zero attached hydrogens (tertiary/aromatic N) is 1. The Morgan fingerprint density at radius 3 is 2.95 bits per heavy atom. The minimum Gasteiger partial charge on any atom is -0.379 e. The van der Waals surface area contributed by atoms with Crippen molar-refractivity contribution in [1.82, 2.24) is 15.2 Å². The molecule has 0 atom stereocenters. The van der Waals surface area contributed by atoms with Crippen molar-refractivity contribution in [1.29, 1.82) is 0 Å². The number of aromatic amines is 1. The molecule has 1 fully saturated rings. The molecule has 0 saturated carbocycles. The topological polar surface area (TPSA) is 57.4 Å². The number of para-hydroxylation sites is 1. The Labute approximate surface area is 134 Å². The van der Waals surface area contributed by atoms with Gasteiger partial charge in [0, 0.05) is 37.3 Å². The maximum absolute atomic E-state index is 12.5. The van der Waals surface area contributed by atoms with Crippen molar-refractivity contribution in [3.05, 3.63) is 34.5 Å². The number of carbonyl (C=O) groups excluding carboxylic acids is 1. The Balaban J connectivity index is 1.67. The van der Waals surface area contributed by atoms with Crippen LogP contribution in [-0.4, -0.2) is 55.2 Å². The molecular weight excluding hydrogens is 302 g/mol. The van der Waals surface area contributed by atoms with Crippen LogP contribution in [0.4, 0.5) is 0 Å². The molecule has 1 aliphatic rings. The van der Waals surface area contributed by atoms with E-state index in [-0.39, 0.29) is 5.91 Å². The Hall–Kier alpha value is -1.56. The van der Waals surface area contributed by atoms with Gasteiger partial charge in [0.2, 0.25) is 0 Å². The lowest BCUT2D eigenvalue weighted by atomic mass is 10.1. The summed E-state index contributed by atoms with van der Waals surface area (Å²) in [5.74, 6) is -0.0562. The average Bonchev–Trinajstić information content (AvgIpc) is 2.86. The third-order valence-corrected chi connectivity index (χ3v) is 4.33. The van der Waals surface area contributed by atoms with Crippen molar-refractivity contribution >= 4 is 28.4 Å². The van der Waals surface area contributed by atoms with Gasteiger partial charge in [0.25, 0.3) is 5.91 Å². The van der Waals surface area contributed by atoms with Crippen molar-refractivity contribution in [3.8, 4) is 0 Å². The number of hydrogen-bond donors (Lipinski definition) is 2. The van der Waals surface area contributed by atoms with Crippen LogP contribution in [-0.2, 0) is 4.74 Å². The quantitative estimate of drug-likeness (QED) is 0.907. The third kappa shape index (κ3) is 3.11. The van der Waals surface area contributed by atoms with Crippen LogP contribution in [0, 0.1) is 6.92 Å². The summed E-state index contributed by atoms with van der Waals surface area (Å²) in [4.78, 5) is 18.0. The largest absolute Gasteiger partial charge is 0.379 e. The smallest absolute Gasteiger partial charge is 0.253 e. The Morgan fingerprint density at radius 2 is 2.18 bits per heavy atom. The van der Waals surface area contributed by atoms with Crippen LogP contribution in [0.2, 0.25) is 5.02 Å². The zero-order valence-electron chi connectivity index (χ0n) is 12.6. The molecule has 1 saturated heterocycles. The van der Waals surface area contributed by atoms with Gasteiger partial charge in [-0.2, -0.15) is 0 Å². The summed E-state index contributed by atoms with van der Waals surface area (Å²) in [6.07, 6.45) is 0. The average molecular weight is 322 g/mol. The van der Waals surface area contributed by atoms with Crippen molar-refractivity contribution < 1.29 is 9.53 Å². The fourth-order valence-corrected chi connectivity index (χ4v) is 3.07. The second kappa shape index (κ2) is 6.69. The number of hydrogen-bond acceptors (Lipinski definition) is 3. The maximum atomic E-state index is 12.5. The van der Waals surface area contributed by atoms with E-state index in [1.807, 2.05) is 25.1 Å². The molecule has 22 heavy (non-hydrogen) atoms. The second-order valence-corrected chi connectivity index (χ2v) is 5.90. The summed E-state index contributed by atoms with van der Waals surface area (Å²) < 4.78 is 5.32. The van der Waals surface area contributed by atoms with E-state index in [0.29, 0.717) is 17.1 Å². The van der Waals surface area contributed by atoms with Gasteiger partial charge in [-0.1, -0.05) is 23.7 Å². The molecule has 3 rings (SSSR count). The molecule has 0 spiro atoms. The van der Waals surface area contributed by atoms with E-state index in [2.05, 4.69) is 15.2 Å². The van der Waals surface area contributed by atoms with Crippen LogP contribution in [0.5, 0.6) is 0 Å². The first-order valence-corrected chi connectivity index (χ1v) is 7.89. The SMILES string of the molecule is Cc1[nH]c2c(Cl)cccc2c1C(=O)NCCN1CCOCC1. The molecule has 2 heterocycles. The van der Waals surface area contributed by atoms with Crippen LogP contribution in [0.15, 0.2) is 18.2 Å². The summed E-state index contributed by atoms with van der Waals surface area (Å²) in [6.45, 7) is 6.77. The molecule has 118 valence electrons. The van der Waals surface area contributed by atoms with E-state index in [1.165, 1.54) is 0 Å². The Bertz CT molecular complexity index is 677. The summed E-state index contributed by atoms with van der Waals surface area (Å²) in [6, 6.07) is 5.60. The van der Waals surface area contributed by atoms with Gasteiger partial charge in [-0.25, -0.2) is 0 Å². The highest BCUT2D eigenvalue weighted by Crippen LogP contribution is 2.27. The monoisotopic (exact) mass is 321 g/mol. The number of H-pyrrole nitrogens is 1. The molecule has 0 aliphatic carbocycles. The highest BCUT2D eigenvalue weighted by Gasteiger charge is 2.17. The first-order chi connectivity index (χ1) is 10.7. The third-order valence-electron chi connectivity index (χ3n) is 4.01. The highest BCUT2D eigenvalue weighted by molar-refractivity contribution is 6.35. The molecular formula is C16H20ClN3O2. The first kappa shape index (κ1) is 15.3. The zero-order chi connectivity index (χ0) is 15.5. The van der Waals surface area contributed by atoms with Crippen molar-refractivity contribution in [2.45, 2.75) is 6.92 Å². The number of aryl methyl sites for hydroxylation is 1. The summed E-state index contributed by atoms with van der Waals surface area (Å²) >= 11 is 6.17. The minimum atomic E-state index is -0.0562. The fraction of sp³-hybridized carbons (Fsp3) is 0.438. The van der Waals surface area contributed by atoms with Gasteiger partial charge in [0.05, 0.1) is 29.3 Å². The number of halogens is 1. The normalized spacial score (nSPS) is 16.1. The van der Waals surface area contributed by atoms with E-state index in [4.69, 9.17) is 16.3 Å². The van der Waals surface area contributed by atoms with Gasteiger partial charge in [-0.15, -0.1) is 0 Å². The van der Waals surface area contributed by atoms with Gasteiger partial charge in [0.15, 0.2) is 0 Å². The standard InChI is InChI=1S/C16H20ClN3O2/c1-11-14(12-3-2-4-13(17)15(12)19-11)16(21)18-5-6-20-7-9-22-10-8-20/h2-4,19H,5-10H2,1H3,(H,18,21). The number of nitrogens with one attached hydrogen (secondary N) is 2. The van der Waals surface area contributed by atoms with Gasteiger partial charge >= 0.3 is 0 Å². The number of morpholine rings is 1. The molecule has 1 aromatic heterocycles. The molecule has 2 N–H and O–H groups in total. The summed E-state index contributed by atoms with van der Waals surface area (Å²) in [5, 5.41) is 4.50.